The lowest BCUT2D eigenvalue weighted by Gasteiger charge is -2.33. The lowest BCUT2D eigenvalue weighted by atomic mass is 9.95. The highest BCUT2D eigenvalue weighted by Crippen LogP contribution is 2.25. The maximum atomic E-state index is 11.1. The number of thioether (sulfide) groups is 1. The number of rotatable bonds is 2. The zero-order valence-electron chi connectivity index (χ0n) is 6.72. The first kappa shape index (κ1) is 8.87. The van der Waals surface area contributed by atoms with Crippen LogP contribution in [0.4, 0.5) is 0 Å². The van der Waals surface area contributed by atoms with E-state index < -0.39 is 5.54 Å². The van der Waals surface area contributed by atoms with Gasteiger partial charge in [0.25, 0.3) is 0 Å². The van der Waals surface area contributed by atoms with E-state index in [0.29, 0.717) is 0 Å². The number of carbonyl (C=O) groups excluding carboxylic acids is 1. The van der Waals surface area contributed by atoms with Crippen molar-refractivity contribution in [3.8, 4) is 0 Å². The Morgan fingerprint density at radius 3 is 2.73 bits per heavy atom. The summed E-state index contributed by atoms with van der Waals surface area (Å²) in [6.07, 6.45) is 1.96. The highest BCUT2D eigenvalue weighted by molar-refractivity contribution is 7.99. The molecule has 0 aromatic rings. The Hall–Kier alpha value is -0.220. The van der Waals surface area contributed by atoms with Gasteiger partial charge in [-0.15, -0.1) is 0 Å². The highest BCUT2D eigenvalue weighted by atomic mass is 32.2. The first-order chi connectivity index (χ1) is 5.21. The molecule has 64 valence electrons. The second-order valence-electron chi connectivity index (χ2n) is 2.85. The maximum Gasteiger partial charge on any atom is 0.238 e. The molecule has 0 radical (unpaired) electrons. The first-order valence-corrected chi connectivity index (χ1v) is 4.93. The average molecular weight is 174 g/mol. The first-order valence-electron chi connectivity index (χ1n) is 3.78. The number of amides is 1. The van der Waals surface area contributed by atoms with Gasteiger partial charge < -0.3 is 11.1 Å². The molecular weight excluding hydrogens is 160 g/mol. The van der Waals surface area contributed by atoms with Gasteiger partial charge >= 0.3 is 0 Å². The topological polar surface area (TPSA) is 55.1 Å². The van der Waals surface area contributed by atoms with Crippen molar-refractivity contribution in [3.05, 3.63) is 0 Å². The third-order valence-electron chi connectivity index (χ3n) is 2.19. The zero-order chi connectivity index (χ0) is 8.32. The third-order valence-corrected chi connectivity index (χ3v) is 3.47. The summed E-state index contributed by atoms with van der Waals surface area (Å²) < 4.78 is 0. The Morgan fingerprint density at radius 1 is 1.73 bits per heavy atom. The quantitative estimate of drug-likeness (QED) is 0.617. The van der Waals surface area contributed by atoms with Gasteiger partial charge in [-0.2, -0.15) is 11.8 Å². The standard InChI is InChI=1S/C7H14N2OS/c1-9-7(6(8)10)3-2-4-11-5-7/h9H,2-5H2,1H3,(H2,8,10). The SMILES string of the molecule is CNC1(C(N)=O)CCCSC1. The third kappa shape index (κ3) is 1.68. The van der Waals surface area contributed by atoms with E-state index in [-0.39, 0.29) is 5.91 Å². The minimum Gasteiger partial charge on any atom is -0.368 e. The summed E-state index contributed by atoms with van der Waals surface area (Å²) in [5.74, 6) is 1.75. The average Bonchev–Trinajstić information content (AvgIpc) is 2.05. The van der Waals surface area contributed by atoms with Crippen molar-refractivity contribution in [2.45, 2.75) is 18.4 Å². The van der Waals surface area contributed by atoms with Crippen LogP contribution in [0.1, 0.15) is 12.8 Å². The molecule has 1 saturated heterocycles. The van der Waals surface area contributed by atoms with Gasteiger partial charge in [0, 0.05) is 5.75 Å². The summed E-state index contributed by atoms with van der Waals surface area (Å²) in [7, 11) is 1.80. The van der Waals surface area contributed by atoms with Crippen LogP contribution in [0.3, 0.4) is 0 Å². The van der Waals surface area contributed by atoms with Gasteiger partial charge in [-0.25, -0.2) is 0 Å². The van der Waals surface area contributed by atoms with E-state index in [2.05, 4.69) is 5.32 Å². The Labute approximate surface area is 71.1 Å². The molecule has 0 spiro atoms. The number of hydrogen-bond donors (Lipinski definition) is 2. The number of primary amides is 1. The predicted octanol–water partition coefficient (Wildman–Crippen LogP) is -0.0431. The minimum absolute atomic E-state index is 0.216. The Bertz CT molecular complexity index is 155. The minimum atomic E-state index is -0.428. The summed E-state index contributed by atoms with van der Waals surface area (Å²) >= 11 is 1.79. The molecule has 1 unspecified atom stereocenters. The molecule has 0 saturated carbocycles. The second-order valence-corrected chi connectivity index (χ2v) is 3.96. The molecule has 11 heavy (non-hydrogen) atoms. The van der Waals surface area contributed by atoms with Crippen molar-refractivity contribution >= 4 is 17.7 Å². The smallest absolute Gasteiger partial charge is 0.238 e. The van der Waals surface area contributed by atoms with Crippen molar-refractivity contribution in [1.82, 2.24) is 5.32 Å². The molecule has 1 amide bonds. The van der Waals surface area contributed by atoms with Gasteiger partial charge in [-0.05, 0) is 25.6 Å². The summed E-state index contributed by atoms with van der Waals surface area (Å²) in [4.78, 5) is 11.1. The van der Waals surface area contributed by atoms with Gasteiger partial charge in [0.1, 0.15) is 5.54 Å². The number of nitrogens with two attached hydrogens (primary N) is 1. The molecule has 1 aliphatic heterocycles. The van der Waals surface area contributed by atoms with Crippen LogP contribution in [0.25, 0.3) is 0 Å². The normalized spacial score (nSPS) is 31.7. The lowest BCUT2D eigenvalue weighted by molar-refractivity contribution is -0.123. The largest absolute Gasteiger partial charge is 0.368 e. The van der Waals surface area contributed by atoms with Gasteiger partial charge in [0.05, 0.1) is 0 Å². The van der Waals surface area contributed by atoms with Crippen molar-refractivity contribution in [2.24, 2.45) is 5.73 Å². The van der Waals surface area contributed by atoms with Crippen LogP contribution >= 0.6 is 11.8 Å². The highest BCUT2D eigenvalue weighted by Gasteiger charge is 2.36. The van der Waals surface area contributed by atoms with Gasteiger partial charge in [-0.1, -0.05) is 0 Å². The molecule has 1 rings (SSSR count). The fourth-order valence-electron chi connectivity index (χ4n) is 1.31. The van der Waals surface area contributed by atoms with E-state index >= 15 is 0 Å². The van der Waals surface area contributed by atoms with Gasteiger partial charge in [-0.3, -0.25) is 4.79 Å². The van der Waals surface area contributed by atoms with Crippen LogP contribution in [0.15, 0.2) is 0 Å². The molecule has 1 heterocycles. The van der Waals surface area contributed by atoms with Crippen molar-refractivity contribution in [2.75, 3.05) is 18.6 Å². The number of carbonyl (C=O) groups is 1. The second kappa shape index (κ2) is 3.45. The molecule has 4 heteroatoms. The van der Waals surface area contributed by atoms with Crippen LogP contribution in [0, 0.1) is 0 Å². The summed E-state index contributed by atoms with van der Waals surface area (Å²) in [6.45, 7) is 0. The molecule has 0 aromatic heterocycles. The van der Waals surface area contributed by atoms with Gasteiger partial charge in [0.15, 0.2) is 0 Å². The van der Waals surface area contributed by atoms with Crippen LogP contribution in [-0.2, 0) is 4.79 Å². The summed E-state index contributed by atoms with van der Waals surface area (Å²) in [5.41, 5.74) is 4.87. The van der Waals surface area contributed by atoms with E-state index in [1.54, 1.807) is 18.8 Å². The fourth-order valence-corrected chi connectivity index (χ4v) is 2.58. The van der Waals surface area contributed by atoms with Crippen LogP contribution in [-0.4, -0.2) is 30.0 Å². The van der Waals surface area contributed by atoms with Crippen molar-refractivity contribution in [1.29, 1.82) is 0 Å². The summed E-state index contributed by atoms with van der Waals surface area (Å²) in [6, 6.07) is 0. The summed E-state index contributed by atoms with van der Waals surface area (Å²) in [5, 5.41) is 3.02. The van der Waals surface area contributed by atoms with Crippen LogP contribution in [0.2, 0.25) is 0 Å². The van der Waals surface area contributed by atoms with Crippen molar-refractivity contribution < 1.29 is 4.79 Å². The molecule has 3 N–H and O–H groups in total. The molecule has 0 aromatic carbocycles. The van der Waals surface area contributed by atoms with E-state index in [1.807, 2.05) is 0 Å². The van der Waals surface area contributed by atoms with Gasteiger partial charge in [0.2, 0.25) is 5.91 Å². The Morgan fingerprint density at radius 2 is 2.45 bits per heavy atom. The van der Waals surface area contributed by atoms with E-state index in [0.717, 1.165) is 24.3 Å². The molecule has 1 atom stereocenters. The fraction of sp³-hybridized carbons (Fsp3) is 0.857. The van der Waals surface area contributed by atoms with E-state index in [4.69, 9.17) is 5.73 Å². The van der Waals surface area contributed by atoms with Crippen molar-refractivity contribution in [3.63, 3.8) is 0 Å². The molecule has 0 aliphatic carbocycles. The van der Waals surface area contributed by atoms with E-state index in [1.165, 1.54) is 0 Å². The number of nitrogens with one attached hydrogen (secondary N) is 1. The maximum absolute atomic E-state index is 11.1. The molecule has 0 bridgehead atoms. The number of likely N-dealkylation sites (N-methyl/N-ethyl adjacent to an activating group) is 1. The lowest BCUT2D eigenvalue weighted by Crippen LogP contribution is -2.57. The number of hydrogen-bond acceptors (Lipinski definition) is 3. The van der Waals surface area contributed by atoms with E-state index in [9.17, 15) is 4.79 Å². The Balaban J connectivity index is 2.64. The van der Waals surface area contributed by atoms with Crippen LogP contribution in [0.5, 0.6) is 0 Å². The Kier molecular flexibility index (Phi) is 2.78. The molecule has 1 aliphatic rings. The van der Waals surface area contributed by atoms with Crippen LogP contribution < -0.4 is 11.1 Å². The monoisotopic (exact) mass is 174 g/mol. The predicted molar refractivity (Wildman–Crippen MR) is 47.5 cm³/mol. The zero-order valence-corrected chi connectivity index (χ0v) is 7.54. The molecule has 3 nitrogen and oxygen atoms in total. The molecule has 1 fully saturated rings. The molecular formula is C7H14N2OS.